The average molecular weight is 413 g/mol. The second-order valence-electron chi connectivity index (χ2n) is 5.33. The molecule has 0 heterocycles. The molecule has 1 amide bonds. The van der Waals surface area contributed by atoms with Gasteiger partial charge in [-0.1, -0.05) is 23.2 Å². The van der Waals surface area contributed by atoms with Gasteiger partial charge in [0.2, 0.25) is 0 Å². The molecule has 0 fully saturated rings. The van der Waals surface area contributed by atoms with Gasteiger partial charge in [0.25, 0.3) is 11.6 Å². The molecule has 0 saturated carbocycles. The molecule has 2 aromatic carbocycles. The van der Waals surface area contributed by atoms with Gasteiger partial charge in [0.05, 0.1) is 15.6 Å². The van der Waals surface area contributed by atoms with Gasteiger partial charge in [-0.05, 0) is 36.8 Å². The first-order valence-corrected chi connectivity index (χ1v) is 8.30. The van der Waals surface area contributed by atoms with Crippen LogP contribution < -0.4 is 10.1 Å². The highest BCUT2D eigenvalue weighted by Gasteiger charge is 2.13. The van der Waals surface area contributed by atoms with Crippen LogP contribution in [0.4, 0.5) is 11.4 Å². The van der Waals surface area contributed by atoms with Gasteiger partial charge in [0, 0.05) is 17.2 Å². The van der Waals surface area contributed by atoms with Crippen LogP contribution in [0.5, 0.6) is 5.75 Å². The molecule has 0 atom stereocenters. The molecule has 0 radical (unpaired) electrons. The Balaban J connectivity index is 1.80. The molecule has 10 heteroatoms. The highest BCUT2D eigenvalue weighted by molar-refractivity contribution is 6.34. The number of amides is 1. The van der Waals surface area contributed by atoms with Gasteiger partial charge in [-0.3, -0.25) is 14.9 Å². The van der Waals surface area contributed by atoms with E-state index in [9.17, 15) is 19.7 Å². The number of aryl methyl sites for hydroxylation is 1. The summed E-state index contributed by atoms with van der Waals surface area (Å²) >= 11 is 11.8. The number of ether oxygens (including phenoxy) is 2. The van der Waals surface area contributed by atoms with Crippen molar-refractivity contribution in [1.29, 1.82) is 0 Å². The Morgan fingerprint density at radius 2 is 1.85 bits per heavy atom. The van der Waals surface area contributed by atoms with Crippen molar-refractivity contribution in [1.82, 2.24) is 0 Å². The number of non-ortho nitro benzene ring substituents is 1. The van der Waals surface area contributed by atoms with Crippen LogP contribution in [0.1, 0.15) is 5.56 Å². The zero-order valence-corrected chi connectivity index (χ0v) is 15.5. The first-order chi connectivity index (χ1) is 12.8. The molecule has 0 unspecified atom stereocenters. The Morgan fingerprint density at radius 3 is 2.48 bits per heavy atom. The highest BCUT2D eigenvalue weighted by Crippen LogP contribution is 2.26. The molecule has 27 heavy (non-hydrogen) atoms. The third-order valence-corrected chi connectivity index (χ3v) is 4.02. The smallest absolute Gasteiger partial charge is 0.344 e. The van der Waals surface area contributed by atoms with Gasteiger partial charge in [-0.25, -0.2) is 4.79 Å². The van der Waals surface area contributed by atoms with Crippen LogP contribution >= 0.6 is 23.2 Å². The first-order valence-electron chi connectivity index (χ1n) is 7.54. The molecule has 8 nitrogen and oxygen atoms in total. The minimum absolute atomic E-state index is 0.00896. The molecule has 0 saturated heterocycles. The number of nitrogens with one attached hydrogen (secondary N) is 1. The van der Waals surface area contributed by atoms with Gasteiger partial charge in [-0.2, -0.15) is 0 Å². The van der Waals surface area contributed by atoms with Gasteiger partial charge in [0.1, 0.15) is 5.75 Å². The van der Waals surface area contributed by atoms with E-state index in [2.05, 4.69) is 5.32 Å². The summed E-state index contributed by atoms with van der Waals surface area (Å²) in [4.78, 5) is 33.5. The number of hydrogen-bond acceptors (Lipinski definition) is 6. The Bertz CT molecular complexity index is 888. The topological polar surface area (TPSA) is 108 Å². The summed E-state index contributed by atoms with van der Waals surface area (Å²) in [5.74, 6) is -0.954. The number of nitro benzene ring substituents is 1. The molecular formula is C17H14Cl2N2O6. The van der Waals surface area contributed by atoms with Gasteiger partial charge < -0.3 is 14.8 Å². The maximum absolute atomic E-state index is 11.8. The second kappa shape index (κ2) is 9.20. The van der Waals surface area contributed by atoms with E-state index in [4.69, 9.17) is 32.7 Å². The Morgan fingerprint density at radius 1 is 1.11 bits per heavy atom. The lowest BCUT2D eigenvalue weighted by molar-refractivity contribution is -0.384. The molecule has 0 aliphatic heterocycles. The van der Waals surface area contributed by atoms with Crippen LogP contribution in [0.25, 0.3) is 0 Å². The maximum Gasteiger partial charge on any atom is 0.344 e. The number of esters is 1. The summed E-state index contributed by atoms with van der Waals surface area (Å²) in [6, 6.07) is 8.48. The van der Waals surface area contributed by atoms with Crippen molar-refractivity contribution in [2.75, 3.05) is 18.5 Å². The van der Waals surface area contributed by atoms with E-state index < -0.39 is 23.4 Å². The Hall–Kier alpha value is -2.84. The molecular weight excluding hydrogens is 399 g/mol. The van der Waals surface area contributed by atoms with E-state index in [1.54, 1.807) is 25.1 Å². The van der Waals surface area contributed by atoms with E-state index in [1.807, 2.05) is 0 Å². The number of halogens is 2. The van der Waals surface area contributed by atoms with Gasteiger partial charge in [-0.15, -0.1) is 0 Å². The summed E-state index contributed by atoms with van der Waals surface area (Å²) in [7, 11) is 0. The van der Waals surface area contributed by atoms with Crippen LogP contribution in [0, 0.1) is 17.0 Å². The normalized spacial score (nSPS) is 10.2. The summed E-state index contributed by atoms with van der Waals surface area (Å²) < 4.78 is 10.1. The number of nitro groups is 1. The van der Waals surface area contributed by atoms with Crippen molar-refractivity contribution in [2.24, 2.45) is 0 Å². The van der Waals surface area contributed by atoms with Crippen LogP contribution in [0.3, 0.4) is 0 Å². The number of carbonyl (C=O) groups is 2. The fraction of sp³-hybridized carbons (Fsp3) is 0.176. The molecule has 0 spiro atoms. The monoisotopic (exact) mass is 412 g/mol. The van der Waals surface area contributed by atoms with Crippen LogP contribution in [-0.4, -0.2) is 30.0 Å². The van der Waals surface area contributed by atoms with Crippen molar-refractivity contribution in [3.05, 3.63) is 62.1 Å². The average Bonchev–Trinajstić information content (AvgIpc) is 2.62. The van der Waals surface area contributed by atoms with Gasteiger partial charge in [0.15, 0.2) is 13.2 Å². The van der Waals surface area contributed by atoms with Crippen molar-refractivity contribution in [3.63, 3.8) is 0 Å². The number of carbonyl (C=O) groups excluding carboxylic acids is 2. The highest BCUT2D eigenvalue weighted by atomic mass is 35.5. The third-order valence-electron chi connectivity index (χ3n) is 3.29. The van der Waals surface area contributed by atoms with Crippen LogP contribution in [-0.2, 0) is 14.3 Å². The maximum atomic E-state index is 11.8. The summed E-state index contributed by atoms with van der Waals surface area (Å²) in [5.41, 5.74) is 0.747. The number of rotatable bonds is 7. The first kappa shape index (κ1) is 20.5. The predicted molar refractivity (Wildman–Crippen MR) is 99.4 cm³/mol. The summed E-state index contributed by atoms with van der Waals surface area (Å²) in [6.07, 6.45) is 0. The minimum Gasteiger partial charge on any atom is -0.482 e. The van der Waals surface area contributed by atoms with Crippen molar-refractivity contribution in [2.45, 2.75) is 6.92 Å². The molecule has 0 aliphatic rings. The third kappa shape index (κ3) is 6.12. The standard InChI is InChI=1S/C17H14Cl2N2O6/c1-10-6-12(3-4-13(10)18)26-9-17(23)27-8-16(22)20-15-5-2-11(21(24)25)7-14(15)19/h2-7H,8-9H2,1H3,(H,20,22). The van der Waals surface area contributed by atoms with E-state index >= 15 is 0 Å². The zero-order chi connectivity index (χ0) is 20.0. The van der Waals surface area contributed by atoms with E-state index in [0.29, 0.717) is 10.8 Å². The van der Waals surface area contributed by atoms with Crippen LogP contribution in [0.15, 0.2) is 36.4 Å². The number of benzene rings is 2. The van der Waals surface area contributed by atoms with E-state index in [0.717, 1.165) is 11.6 Å². The van der Waals surface area contributed by atoms with Crippen molar-refractivity contribution < 1.29 is 24.0 Å². The van der Waals surface area contributed by atoms with E-state index in [1.165, 1.54) is 12.1 Å². The zero-order valence-electron chi connectivity index (χ0n) is 14.0. The fourth-order valence-corrected chi connectivity index (χ4v) is 2.28. The lowest BCUT2D eigenvalue weighted by Gasteiger charge is -2.09. The van der Waals surface area contributed by atoms with Crippen molar-refractivity contribution in [3.8, 4) is 5.75 Å². The van der Waals surface area contributed by atoms with Crippen LogP contribution in [0.2, 0.25) is 10.0 Å². The molecule has 2 aromatic rings. The lowest BCUT2D eigenvalue weighted by atomic mass is 10.2. The number of nitrogens with zero attached hydrogens (tertiary/aromatic N) is 1. The van der Waals surface area contributed by atoms with Crippen molar-refractivity contribution >= 4 is 46.5 Å². The minimum atomic E-state index is -0.743. The Labute approximate surface area is 164 Å². The van der Waals surface area contributed by atoms with Gasteiger partial charge >= 0.3 is 5.97 Å². The second-order valence-corrected chi connectivity index (χ2v) is 6.14. The molecule has 142 valence electrons. The molecule has 0 bridgehead atoms. The number of anilines is 1. The number of hydrogen-bond donors (Lipinski definition) is 1. The molecule has 2 rings (SSSR count). The molecule has 1 N–H and O–H groups in total. The lowest BCUT2D eigenvalue weighted by Crippen LogP contribution is -2.23. The predicted octanol–water partition coefficient (Wildman–Crippen LogP) is 3.77. The largest absolute Gasteiger partial charge is 0.482 e. The molecule has 0 aliphatic carbocycles. The Kier molecular flexibility index (Phi) is 6.98. The van der Waals surface area contributed by atoms with E-state index in [-0.39, 0.29) is 23.0 Å². The summed E-state index contributed by atoms with van der Waals surface area (Å²) in [6.45, 7) is 0.850. The quantitative estimate of drug-likeness (QED) is 0.421. The fourth-order valence-electron chi connectivity index (χ4n) is 1.94. The summed E-state index contributed by atoms with van der Waals surface area (Å²) in [5, 5.41) is 13.6. The SMILES string of the molecule is Cc1cc(OCC(=O)OCC(=O)Nc2ccc([N+](=O)[O-])cc2Cl)ccc1Cl. The molecule has 0 aromatic heterocycles.